The van der Waals surface area contributed by atoms with Crippen LogP contribution in [0.4, 0.5) is 0 Å². The highest BCUT2D eigenvalue weighted by Gasteiger charge is 2.32. The molecule has 7 nitrogen and oxygen atoms in total. The molecule has 7 heteroatoms. The number of hydrogen-bond acceptors (Lipinski definition) is 6. The molecule has 1 atom stereocenters. The third kappa shape index (κ3) is 5.16. The van der Waals surface area contributed by atoms with Crippen LogP contribution in [0, 0.1) is 5.92 Å². The van der Waals surface area contributed by atoms with E-state index >= 15 is 0 Å². The molecule has 1 amide bonds. The van der Waals surface area contributed by atoms with Crippen molar-refractivity contribution in [2.24, 2.45) is 5.92 Å². The first kappa shape index (κ1) is 20.9. The van der Waals surface area contributed by atoms with Crippen molar-refractivity contribution < 1.29 is 23.7 Å². The van der Waals surface area contributed by atoms with Crippen molar-refractivity contribution in [3.63, 3.8) is 0 Å². The van der Waals surface area contributed by atoms with E-state index in [1.54, 1.807) is 14.2 Å². The van der Waals surface area contributed by atoms with Crippen LogP contribution in [0.15, 0.2) is 18.2 Å². The minimum absolute atomic E-state index is 0.0484. The second-order valence-corrected chi connectivity index (χ2v) is 7.39. The number of nitrogens with zero attached hydrogens (tertiary/aromatic N) is 1. The molecule has 0 aliphatic carbocycles. The number of nitrogens with one attached hydrogen (secondary N) is 1. The van der Waals surface area contributed by atoms with Gasteiger partial charge in [0.1, 0.15) is 0 Å². The lowest BCUT2D eigenvalue weighted by Gasteiger charge is -2.36. The minimum atomic E-state index is -0.128. The minimum Gasteiger partial charge on any atom is -0.493 e. The lowest BCUT2D eigenvalue weighted by atomic mass is 9.95. The number of carbonyl (C=O) groups excluding carboxylic acids is 1. The van der Waals surface area contributed by atoms with E-state index in [1.165, 1.54) is 0 Å². The summed E-state index contributed by atoms with van der Waals surface area (Å²) in [5.74, 6) is 1.94. The van der Waals surface area contributed by atoms with E-state index in [-0.39, 0.29) is 18.2 Å². The van der Waals surface area contributed by atoms with Crippen molar-refractivity contribution >= 4 is 5.91 Å². The average molecular weight is 392 g/mol. The normalized spacial score (nSPS) is 20.1. The van der Waals surface area contributed by atoms with Crippen molar-refractivity contribution in [1.29, 1.82) is 0 Å². The molecule has 2 heterocycles. The van der Waals surface area contributed by atoms with Gasteiger partial charge in [0.05, 0.1) is 33.5 Å². The summed E-state index contributed by atoms with van der Waals surface area (Å²) < 4.78 is 21.8. The lowest BCUT2D eigenvalue weighted by molar-refractivity contribution is -0.128. The molecular formula is C21H32N2O5. The van der Waals surface area contributed by atoms with Crippen molar-refractivity contribution in [2.45, 2.75) is 38.5 Å². The van der Waals surface area contributed by atoms with E-state index in [0.29, 0.717) is 37.2 Å². The molecule has 1 aromatic carbocycles. The van der Waals surface area contributed by atoms with Gasteiger partial charge in [0.15, 0.2) is 17.8 Å². The maximum atomic E-state index is 12.5. The standard InChI is InChI=1S/C21H32N2O5/c1-15(23-10-7-17(8-11-23)21-27-12-13-28-21)20(24)22-9-6-16-4-5-18(25-2)19(14-16)26-3/h4-5,14-15,17,21H,6-13H2,1-3H3,(H,22,24). The first-order valence-electron chi connectivity index (χ1n) is 10.1. The van der Waals surface area contributed by atoms with Crippen LogP contribution in [0.5, 0.6) is 11.5 Å². The fraction of sp³-hybridized carbons (Fsp3) is 0.667. The molecule has 3 rings (SSSR count). The Morgan fingerprint density at radius 3 is 2.50 bits per heavy atom. The Hall–Kier alpha value is -1.83. The molecule has 0 spiro atoms. The molecule has 2 aliphatic rings. The number of carbonyl (C=O) groups is 1. The SMILES string of the molecule is COc1ccc(CCNC(=O)C(C)N2CCC(C3OCCO3)CC2)cc1OC. The van der Waals surface area contributed by atoms with E-state index in [9.17, 15) is 4.79 Å². The van der Waals surface area contributed by atoms with E-state index in [1.807, 2.05) is 25.1 Å². The van der Waals surface area contributed by atoms with Gasteiger partial charge >= 0.3 is 0 Å². The number of amides is 1. The molecular weight excluding hydrogens is 360 g/mol. The molecule has 0 aromatic heterocycles. The van der Waals surface area contributed by atoms with Gasteiger partial charge in [-0.15, -0.1) is 0 Å². The highest BCUT2D eigenvalue weighted by atomic mass is 16.7. The van der Waals surface area contributed by atoms with Gasteiger partial charge in [-0.2, -0.15) is 0 Å². The molecule has 1 N–H and O–H groups in total. The second kappa shape index (κ2) is 10.1. The molecule has 2 fully saturated rings. The fourth-order valence-corrected chi connectivity index (χ4v) is 3.91. The number of ether oxygens (including phenoxy) is 4. The van der Waals surface area contributed by atoms with Crippen molar-refractivity contribution in [2.75, 3.05) is 47.1 Å². The monoisotopic (exact) mass is 392 g/mol. The predicted molar refractivity (Wildman–Crippen MR) is 106 cm³/mol. The molecule has 0 saturated carbocycles. The lowest BCUT2D eigenvalue weighted by Crippen LogP contribution is -2.49. The van der Waals surface area contributed by atoms with Crippen LogP contribution in [0.3, 0.4) is 0 Å². The predicted octanol–water partition coefficient (Wildman–Crippen LogP) is 1.84. The third-order valence-electron chi connectivity index (χ3n) is 5.69. The number of rotatable bonds is 8. The summed E-state index contributed by atoms with van der Waals surface area (Å²) in [4.78, 5) is 14.8. The molecule has 2 aliphatic heterocycles. The number of hydrogen-bond donors (Lipinski definition) is 1. The maximum Gasteiger partial charge on any atom is 0.237 e. The first-order chi connectivity index (χ1) is 13.6. The Bertz CT molecular complexity index is 640. The zero-order valence-corrected chi connectivity index (χ0v) is 17.1. The number of likely N-dealkylation sites (tertiary alicyclic amines) is 1. The van der Waals surface area contributed by atoms with Crippen LogP contribution in [0.2, 0.25) is 0 Å². The number of methoxy groups -OCH3 is 2. The van der Waals surface area contributed by atoms with Crippen LogP contribution >= 0.6 is 0 Å². The quantitative estimate of drug-likeness (QED) is 0.728. The summed E-state index contributed by atoms with van der Waals surface area (Å²) >= 11 is 0. The summed E-state index contributed by atoms with van der Waals surface area (Å²) in [6.07, 6.45) is 2.71. The Labute approximate surface area is 167 Å². The highest BCUT2D eigenvalue weighted by Crippen LogP contribution is 2.28. The molecule has 2 saturated heterocycles. The Balaban J connectivity index is 1.41. The van der Waals surface area contributed by atoms with Gasteiger partial charge < -0.3 is 24.3 Å². The Morgan fingerprint density at radius 1 is 1.18 bits per heavy atom. The van der Waals surface area contributed by atoms with E-state index < -0.39 is 0 Å². The van der Waals surface area contributed by atoms with Gasteiger partial charge in [0.2, 0.25) is 5.91 Å². The van der Waals surface area contributed by atoms with Crippen LogP contribution in [0.1, 0.15) is 25.3 Å². The molecule has 0 bridgehead atoms. The van der Waals surface area contributed by atoms with Crippen LogP contribution in [0.25, 0.3) is 0 Å². The summed E-state index contributed by atoms with van der Waals surface area (Å²) in [5, 5.41) is 3.06. The number of piperidine rings is 1. The van der Waals surface area contributed by atoms with Crippen molar-refractivity contribution in [3.8, 4) is 11.5 Å². The Kier molecular flexibility index (Phi) is 7.53. The van der Waals surface area contributed by atoms with Crippen molar-refractivity contribution in [1.82, 2.24) is 10.2 Å². The number of benzene rings is 1. The second-order valence-electron chi connectivity index (χ2n) is 7.39. The maximum absolute atomic E-state index is 12.5. The van der Waals surface area contributed by atoms with Crippen molar-refractivity contribution in [3.05, 3.63) is 23.8 Å². The van der Waals surface area contributed by atoms with Crippen LogP contribution in [-0.2, 0) is 20.7 Å². The van der Waals surface area contributed by atoms with Crippen LogP contribution in [-0.4, -0.2) is 70.2 Å². The fourth-order valence-electron chi connectivity index (χ4n) is 3.91. The molecule has 0 radical (unpaired) electrons. The van der Waals surface area contributed by atoms with Gasteiger partial charge in [-0.05, 0) is 57.0 Å². The van der Waals surface area contributed by atoms with Gasteiger partial charge in [0.25, 0.3) is 0 Å². The van der Waals surface area contributed by atoms with E-state index in [4.69, 9.17) is 18.9 Å². The zero-order valence-electron chi connectivity index (χ0n) is 17.1. The summed E-state index contributed by atoms with van der Waals surface area (Å²) in [6.45, 7) is 5.78. The largest absolute Gasteiger partial charge is 0.493 e. The highest BCUT2D eigenvalue weighted by molar-refractivity contribution is 5.81. The Morgan fingerprint density at radius 2 is 1.86 bits per heavy atom. The molecule has 28 heavy (non-hydrogen) atoms. The topological polar surface area (TPSA) is 69.3 Å². The van der Waals surface area contributed by atoms with E-state index in [0.717, 1.165) is 37.9 Å². The summed E-state index contributed by atoms with van der Waals surface area (Å²) in [6, 6.07) is 5.71. The smallest absolute Gasteiger partial charge is 0.237 e. The first-order valence-corrected chi connectivity index (χ1v) is 10.1. The van der Waals surface area contributed by atoms with Gasteiger partial charge in [-0.1, -0.05) is 6.07 Å². The zero-order chi connectivity index (χ0) is 19.9. The van der Waals surface area contributed by atoms with Gasteiger partial charge in [-0.3, -0.25) is 9.69 Å². The molecule has 1 aromatic rings. The average Bonchev–Trinajstić information content (AvgIpc) is 3.28. The molecule has 1 unspecified atom stereocenters. The van der Waals surface area contributed by atoms with Crippen LogP contribution < -0.4 is 14.8 Å². The molecule has 156 valence electrons. The van der Waals surface area contributed by atoms with Gasteiger partial charge in [-0.25, -0.2) is 0 Å². The third-order valence-corrected chi connectivity index (χ3v) is 5.69. The van der Waals surface area contributed by atoms with Gasteiger partial charge in [0, 0.05) is 12.5 Å². The summed E-state index contributed by atoms with van der Waals surface area (Å²) in [7, 11) is 3.25. The summed E-state index contributed by atoms with van der Waals surface area (Å²) in [5.41, 5.74) is 1.10. The van der Waals surface area contributed by atoms with E-state index in [2.05, 4.69) is 10.2 Å².